The van der Waals surface area contributed by atoms with Gasteiger partial charge in [-0.3, -0.25) is 14.7 Å². The molecule has 2 aliphatic rings. The summed E-state index contributed by atoms with van der Waals surface area (Å²) in [5, 5.41) is 0. The molecule has 6 heteroatoms. The second kappa shape index (κ2) is 7.36. The molecule has 0 aliphatic carbocycles. The van der Waals surface area contributed by atoms with Gasteiger partial charge in [0, 0.05) is 68.5 Å². The van der Waals surface area contributed by atoms with Gasteiger partial charge in [0.15, 0.2) is 5.78 Å². The number of hydrogen-bond acceptors (Lipinski definition) is 6. The van der Waals surface area contributed by atoms with E-state index in [1.165, 1.54) is 11.3 Å². The maximum Gasteiger partial charge on any atom is 0.171 e. The summed E-state index contributed by atoms with van der Waals surface area (Å²) in [5.74, 6) is 1.07. The van der Waals surface area contributed by atoms with Crippen LogP contribution in [-0.4, -0.2) is 60.4 Å². The van der Waals surface area contributed by atoms with Gasteiger partial charge in [0.25, 0.3) is 0 Å². The number of ketones is 1. The molecule has 0 saturated carbocycles. The summed E-state index contributed by atoms with van der Waals surface area (Å²) in [6.45, 7) is 8.26. The predicted octanol–water partition coefficient (Wildman–Crippen LogP) is 2.48. The van der Waals surface area contributed by atoms with Gasteiger partial charge in [-0.05, 0) is 11.6 Å². The van der Waals surface area contributed by atoms with Crippen LogP contribution < -0.4 is 9.80 Å². The van der Waals surface area contributed by atoms with Crippen molar-refractivity contribution < 1.29 is 4.79 Å². The summed E-state index contributed by atoms with van der Waals surface area (Å²) in [6, 6.07) is 8.39. The lowest BCUT2D eigenvalue weighted by Crippen LogP contribution is -2.48. The van der Waals surface area contributed by atoms with Crippen molar-refractivity contribution in [1.82, 2.24) is 14.9 Å². The number of para-hydroxylation sites is 1. The molecular weight excluding hydrogens is 350 g/mol. The third kappa shape index (κ3) is 3.40. The van der Waals surface area contributed by atoms with Gasteiger partial charge in [0.05, 0.1) is 12.7 Å². The number of nitrogens with zero attached hydrogens (tertiary/aromatic N) is 5. The number of piperazine rings is 1. The van der Waals surface area contributed by atoms with E-state index < -0.39 is 0 Å². The number of anilines is 2. The summed E-state index contributed by atoms with van der Waals surface area (Å²) < 4.78 is 0. The van der Waals surface area contributed by atoms with Gasteiger partial charge < -0.3 is 9.80 Å². The van der Waals surface area contributed by atoms with Crippen LogP contribution in [-0.2, 0) is 10.2 Å². The van der Waals surface area contributed by atoms with E-state index in [9.17, 15) is 4.79 Å². The number of fused-ring (bicyclic) bond motifs is 1. The van der Waals surface area contributed by atoms with Crippen LogP contribution in [0, 0.1) is 0 Å². The highest BCUT2D eigenvalue weighted by Gasteiger charge is 2.38. The van der Waals surface area contributed by atoms with Crippen molar-refractivity contribution in [3.63, 3.8) is 0 Å². The molecule has 28 heavy (non-hydrogen) atoms. The third-order valence-electron chi connectivity index (χ3n) is 5.86. The molecular formula is C22H27N5O. The fraction of sp³-hybridized carbons (Fsp3) is 0.409. The Bertz CT molecular complexity index is 885. The molecule has 0 bridgehead atoms. The Morgan fingerprint density at radius 3 is 2.57 bits per heavy atom. The molecule has 1 aromatic carbocycles. The van der Waals surface area contributed by atoms with Gasteiger partial charge in [-0.25, -0.2) is 4.98 Å². The van der Waals surface area contributed by atoms with Gasteiger partial charge in [0.1, 0.15) is 5.82 Å². The minimum Gasteiger partial charge on any atom is -0.353 e. The number of rotatable bonds is 4. The number of hydrogen-bond donors (Lipinski definition) is 0. The van der Waals surface area contributed by atoms with Crippen LogP contribution in [0.3, 0.4) is 0 Å². The minimum atomic E-state index is -0.161. The van der Waals surface area contributed by atoms with Gasteiger partial charge in [-0.1, -0.05) is 32.0 Å². The zero-order valence-electron chi connectivity index (χ0n) is 16.8. The first-order chi connectivity index (χ1) is 13.5. The molecule has 0 spiro atoms. The van der Waals surface area contributed by atoms with Crippen molar-refractivity contribution in [2.45, 2.75) is 19.3 Å². The summed E-state index contributed by atoms with van der Waals surface area (Å²) in [6.07, 6.45) is 7.04. The summed E-state index contributed by atoms with van der Waals surface area (Å²) >= 11 is 0. The van der Waals surface area contributed by atoms with Crippen molar-refractivity contribution in [3.8, 4) is 0 Å². The number of aromatic nitrogens is 2. The Morgan fingerprint density at radius 2 is 1.89 bits per heavy atom. The van der Waals surface area contributed by atoms with E-state index in [1.807, 2.05) is 19.2 Å². The number of likely N-dealkylation sites (N-methyl/N-ethyl adjacent to an activating group) is 1. The van der Waals surface area contributed by atoms with E-state index in [2.05, 4.69) is 56.7 Å². The number of allylic oxidation sites excluding steroid dienone is 1. The van der Waals surface area contributed by atoms with Gasteiger partial charge in [-0.15, -0.1) is 0 Å². The first-order valence-electron chi connectivity index (χ1n) is 9.78. The SMILES string of the molecule is CN1/C(=C\C(=O)CN2CCN(c3cnccn3)CC2)C(C)(C)c2ccccc21. The first-order valence-corrected chi connectivity index (χ1v) is 9.78. The first kappa shape index (κ1) is 18.6. The van der Waals surface area contributed by atoms with Gasteiger partial charge >= 0.3 is 0 Å². The molecule has 3 heterocycles. The van der Waals surface area contributed by atoms with Crippen LogP contribution in [0.4, 0.5) is 11.5 Å². The summed E-state index contributed by atoms with van der Waals surface area (Å²) in [4.78, 5) is 27.9. The molecule has 0 amide bonds. The summed E-state index contributed by atoms with van der Waals surface area (Å²) in [5.41, 5.74) is 3.36. The molecule has 1 fully saturated rings. The highest BCUT2D eigenvalue weighted by atomic mass is 16.1. The van der Waals surface area contributed by atoms with E-state index in [0.717, 1.165) is 37.7 Å². The Labute approximate surface area is 166 Å². The Kier molecular flexibility index (Phi) is 4.89. The fourth-order valence-corrected chi connectivity index (χ4v) is 4.27. The largest absolute Gasteiger partial charge is 0.353 e. The second-order valence-corrected chi connectivity index (χ2v) is 8.02. The predicted molar refractivity (Wildman–Crippen MR) is 112 cm³/mol. The van der Waals surface area contributed by atoms with E-state index in [4.69, 9.17) is 0 Å². The lowest BCUT2D eigenvalue weighted by Gasteiger charge is -2.34. The monoisotopic (exact) mass is 377 g/mol. The van der Waals surface area contributed by atoms with E-state index >= 15 is 0 Å². The van der Waals surface area contributed by atoms with Crippen molar-refractivity contribution >= 4 is 17.3 Å². The van der Waals surface area contributed by atoms with Crippen molar-refractivity contribution in [3.05, 3.63) is 60.2 Å². The normalized spacial score (nSPS) is 20.5. The minimum absolute atomic E-state index is 0.161. The Hall–Kier alpha value is -2.73. The average molecular weight is 377 g/mol. The standard InChI is InChI=1S/C22H27N5O/c1-22(2)18-6-4-5-7-19(18)25(3)20(22)14-17(28)16-26-10-12-27(13-11-26)21-15-23-8-9-24-21/h4-9,14-15H,10-13,16H2,1-3H3/b20-14-. The number of carbonyl (C=O) groups is 1. The van der Waals surface area contributed by atoms with Crippen LogP contribution in [0.5, 0.6) is 0 Å². The van der Waals surface area contributed by atoms with Gasteiger partial charge in [-0.2, -0.15) is 0 Å². The van der Waals surface area contributed by atoms with E-state index in [-0.39, 0.29) is 11.2 Å². The maximum atomic E-state index is 12.8. The van der Waals surface area contributed by atoms with E-state index in [1.54, 1.807) is 18.6 Å². The van der Waals surface area contributed by atoms with Crippen LogP contribution in [0.2, 0.25) is 0 Å². The molecule has 2 aliphatic heterocycles. The smallest absolute Gasteiger partial charge is 0.171 e. The zero-order chi connectivity index (χ0) is 19.7. The van der Waals surface area contributed by atoms with Crippen LogP contribution >= 0.6 is 0 Å². The lowest BCUT2D eigenvalue weighted by atomic mass is 9.83. The molecule has 6 nitrogen and oxygen atoms in total. The third-order valence-corrected chi connectivity index (χ3v) is 5.86. The molecule has 146 valence electrons. The van der Waals surface area contributed by atoms with Crippen LogP contribution in [0.15, 0.2) is 54.6 Å². The molecule has 0 radical (unpaired) electrons. The van der Waals surface area contributed by atoms with Crippen LogP contribution in [0.25, 0.3) is 0 Å². The fourth-order valence-electron chi connectivity index (χ4n) is 4.27. The Balaban J connectivity index is 1.40. The number of benzene rings is 1. The molecule has 0 unspecified atom stereocenters. The molecule has 0 N–H and O–H groups in total. The molecule has 1 aromatic heterocycles. The molecule has 1 saturated heterocycles. The molecule has 4 rings (SSSR count). The Morgan fingerprint density at radius 1 is 1.14 bits per heavy atom. The summed E-state index contributed by atoms with van der Waals surface area (Å²) in [7, 11) is 2.05. The quantitative estimate of drug-likeness (QED) is 0.763. The lowest BCUT2D eigenvalue weighted by molar-refractivity contribution is -0.115. The highest BCUT2D eigenvalue weighted by Crippen LogP contribution is 2.46. The second-order valence-electron chi connectivity index (χ2n) is 8.02. The van der Waals surface area contributed by atoms with E-state index in [0.29, 0.717) is 6.54 Å². The highest BCUT2D eigenvalue weighted by molar-refractivity contribution is 5.94. The topological polar surface area (TPSA) is 52.6 Å². The molecule has 2 aromatic rings. The maximum absolute atomic E-state index is 12.8. The van der Waals surface area contributed by atoms with Gasteiger partial charge in [0.2, 0.25) is 0 Å². The van der Waals surface area contributed by atoms with Crippen molar-refractivity contribution in [2.24, 2.45) is 0 Å². The molecule has 0 atom stereocenters. The average Bonchev–Trinajstić information content (AvgIpc) is 2.90. The van der Waals surface area contributed by atoms with Crippen molar-refractivity contribution in [1.29, 1.82) is 0 Å². The zero-order valence-corrected chi connectivity index (χ0v) is 16.8. The van der Waals surface area contributed by atoms with Crippen LogP contribution in [0.1, 0.15) is 19.4 Å². The number of carbonyl (C=O) groups excluding carboxylic acids is 1. The van der Waals surface area contributed by atoms with Crippen molar-refractivity contribution in [2.75, 3.05) is 49.6 Å².